The van der Waals surface area contributed by atoms with E-state index < -0.39 is 21.6 Å². The van der Waals surface area contributed by atoms with Crippen LogP contribution in [-0.4, -0.2) is 26.5 Å². The van der Waals surface area contributed by atoms with E-state index >= 15 is 0 Å². The number of phenols is 1. The number of carbonyl (C=O) groups is 1. The molecule has 33 heavy (non-hydrogen) atoms. The maximum Gasteiger partial charge on any atom is 0.220 e. The molecular formula is C25H27NO5S2. The Morgan fingerprint density at radius 1 is 1.00 bits per heavy atom. The predicted molar refractivity (Wildman–Crippen MR) is 129 cm³/mol. The summed E-state index contributed by atoms with van der Waals surface area (Å²) < 4.78 is 31.8. The molecule has 0 saturated carbocycles. The monoisotopic (exact) mass is 485 g/mol. The fourth-order valence-electron chi connectivity index (χ4n) is 3.20. The molecule has 3 atom stereocenters. The fourth-order valence-corrected chi connectivity index (χ4v) is 5.97. The lowest BCUT2D eigenvalue weighted by atomic mass is 10.1. The van der Waals surface area contributed by atoms with E-state index in [0.717, 1.165) is 11.1 Å². The molecule has 0 bridgehead atoms. The van der Waals surface area contributed by atoms with Gasteiger partial charge in [-0.1, -0.05) is 31.2 Å². The minimum atomic E-state index is -1.60. The van der Waals surface area contributed by atoms with Gasteiger partial charge in [-0.05, 0) is 60.5 Å². The molecule has 0 spiro atoms. The molecule has 0 radical (unpaired) electrons. The summed E-state index contributed by atoms with van der Waals surface area (Å²) in [5.41, 5.74) is 1.83. The maximum absolute atomic E-state index is 13.3. The first kappa shape index (κ1) is 24.7. The Bertz CT molecular complexity index is 1160. The summed E-state index contributed by atoms with van der Waals surface area (Å²) in [4.78, 5) is 13.0. The van der Waals surface area contributed by atoms with Crippen molar-refractivity contribution in [2.45, 2.75) is 46.7 Å². The molecule has 0 saturated heterocycles. The molecule has 3 aromatic rings. The van der Waals surface area contributed by atoms with Crippen molar-refractivity contribution in [1.29, 1.82) is 0 Å². The number of nitrogens with one attached hydrogen (secondary N) is 1. The lowest BCUT2D eigenvalue weighted by Gasteiger charge is -2.15. The molecule has 3 aromatic carbocycles. The van der Waals surface area contributed by atoms with E-state index in [9.17, 15) is 18.3 Å². The molecule has 6 nitrogen and oxygen atoms in total. The molecular weight excluding hydrogens is 458 g/mol. The maximum atomic E-state index is 13.3. The standard InChI is InChI=1S/C25H27NO5S2/c1-4-25(28)26-17(2)19-7-5-18(6-8-19)16-32(29)23-14-11-21(31-3)15-24(23)33(30)22-12-9-20(27)10-13-22/h5-15,17,27H,4,16H2,1-3H3,(H,26,28)/t17-,32?,33?/m0/s1. The van der Waals surface area contributed by atoms with Crippen LogP contribution in [-0.2, 0) is 32.1 Å². The van der Waals surface area contributed by atoms with Gasteiger partial charge in [-0.2, -0.15) is 0 Å². The van der Waals surface area contributed by atoms with Crippen molar-refractivity contribution in [3.8, 4) is 11.5 Å². The van der Waals surface area contributed by atoms with Gasteiger partial charge < -0.3 is 15.2 Å². The number of benzene rings is 3. The van der Waals surface area contributed by atoms with Gasteiger partial charge in [0.2, 0.25) is 5.91 Å². The van der Waals surface area contributed by atoms with E-state index in [1.807, 2.05) is 38.1 Å². The number of hydrogen-bond donors (Lipinski definition) is 2. The van der Waals surface area contributed by atoms with Crippen LogP contribution in [0.3, 0.4) is 0 Å². The highest BCUT2D eigenvalue weighted by molar-refractivity contribution is 7.87. The molecule has 3 rings (SSSR count). The van der Waals surface area contributed by atoms with Crippen molar-refractivity contribution in [3.05, 3.63) is 77.9 Å². The van der Waals surface area contributed by atoms with Crippen LogP contribution in [0.1, 0.15) is 37.4 Å². The minimum Gasteiger partial charge on any atom is -0.508 e. The minimum absolute atomic E-state index is 0.0126. The van der Waals surface area contributed by atoms with Crippen LogP contribution in [0.5, 0.6) is 11.5 Å². The number of methoxy groups -OCH3 is 1. The van der Waals surface area contributed by atoms with Crippen molar-refractivity contribution < 1.29 is 23.1 Å². The number of ether oxygens (including phenoxy) is 1. The Kier molecular flexibility index (Phi) is 8.41. The molecule has 2 unspecified atom stereocenters. The second-order valence-corrected chi connectivity index (χ2v) is 10.3. The summed E-state index contributed by atoms with van der Waals surface area (Å²) in [7, 11) is -1.53. The summed E-state index contributed by atoms with van der Waals surface area (Å²) >= 11 is 0. The zero-order valence-electron chi connectivity index (χ0n) is 18.7. The van der Waals surface area contributed by atoms with Gasteiger partial charge in [0.15, 0.2) is 0 Å². The quantitative estimate of drug-likeness (QED) is 0.467. The van der Waals surface area contributed by atoms with Crippen molar-refractivity contribution in [2.75, 3.05) is 7.11 Å². The smallest absolute Gasteiger partial charge is 0.220 e. The topological polar surface area (TPSA) is 92.7 Å². The van der Waals surface area contributed by atoms with Gasteiger partial charge in [-0.3, -0.25) is 9.00 Å². The number of carbonyl (C=O) groups excluding carboxylic acids is 1. The molecule has 2 N–H and O–H groups in total. The third-order valence-corrected chi connectivity index (χ3v) is 8.13. The Labute approximate surface area is 198 Å². The third kappa shape index (κ3) is 6.30. The molecule has 174 valence electrons. The van der Waals surface area contributed by atoms with Crippen molar-refractivity contribution in [3.63, 3.8) is 0 Å². The number of hydrogen-bond acceptors (Lipinski definition) is 5. The Morgan fingerprint density at radius 3 is 2.27 bits per heavy atom. The first-order valence-electron chi connectivity index (χ1n) is 10.5. The van der Waals surface area contributed by atoms with E-state index in [-0.39, 0.29) is 23.5 Å². The van der Waals surface area contributed by atoms with E-state index in [2.05, 4.69) is 5.32 Å². The van der Waals surface area contributed by atoms with E-state index in [4.69, 9.17) is 4.74 Å². The Morgan fingerprint density at radius 2 is 1.67 bits per heavy atom. The molecule has 0 aliphatic heterocycles. The van der Waals surface area contributed by atoms with Gasteiger partial charge in [0, 0.05) is 11.3 Å². The SMILES string of the molecule is CCC(=O)N[C@@H](C)c1ccc(CS(=O)c2ccc(OC)cc2S(=O)c2ccc(O)cc2)cc1. The van der Waals surface area contributed by atoms with Gasteiger partial charge in [0.25, 0.3) is 0 Å². The van der Waals surface area contributed by atoms with Crippen LogP contribution in [0.2, 0.25) is 0 Å². The first-order chi connectivity index (χ1) is 15.8. The van der Waals surface area contributed by atoms with E-state index in [0.29, 0.717) is 26.9 Å². The molecule has 0 aromatic heterocycles. The van der Waals surface area contributed by atoms with Crippen LogP contribution < -0.4 is 10.1 Å². The highest BCUT2D eigenvalue weighted by atomic mass is 32.2. The number of phenolic OH excluding ortho intramolecular Hbond substituents is 1. The van der Waals surface area contributed by atoms with Gasteiger partial charge in [-0.25, -0.2) is 4.21 Å². The summed E-state index contributed by atoms with van der Waals surface area (Å²) in [5, 5.41) is 12.4. The normalized spacial score (nSPS) is 13.7. The summed E-state index contributed by atoms with van der Waals surface area (Å²) in [6.07, 6.45) is 0.428. The lowest BCUT2D eigenvalue weighted by molar-refractivity contribution is -0.121. The third-order valence-electron chi connectivity index (χ3n) is 5.12. The van der Waals surface area contributed by atoms with Crippen LogP contribution >= 0.6 is 0 Å². The molecule has 0 aliphatic carbocycles. The Hall–Kier alpha value is -2.97. The largest absolute Gasteiger partial charge is 0.508 e. The highest BCUT2D eigenvalue weighted by Crippen LogP contribution is 2.29. The second-order valence-electron chi connectivity index (χ2n) is 7.45. The van der Waals surface area contributed by atoms with Gasteiger partial charge >= 0.3 is 0 Å². The molecule has 1 amide bonds. The van der Waals surface area contributed by atoms with Gasteiger partial charge in [0.05, 0.1) is 50.3 Å². The van der Waals surface area contributed by atoms with Crippen LogP contribution in [0.15, 0.2) is 81.4 Å². The first-order valence-corrected chi connectivity index (χ1v) is 12.9. The average Bonchev–Trinajstić information content (AvgIpc) is 2.83. The average molecular weight is 486 g/mol. The van der Waals surface area contributed by atoms with Crippen LogP contribution in [0, 0.1) is 0 Å². The second kappa shape index (κ2) is 11.2. The lowest BCUT2D eigenvalue weighted by Crippen LogP contribution is -2.25. The highest BCUT2D eigenvalue weighted by Gasteiger charge is 2.19. The molecule has 0 fully saturated rings. The van der Waals surface area contributed by atoms with E-state index in [1.54, 1.807) is 30.3 Å². The summed E-state index contributed by atoms with van der Waals surface area (Å²) in [6, 6.07) is 18.6. The number of rotatable bonds is 9. The van der Waals surface area contributed by atoms with E-state index in [1.165, 1.54) is 19.2 Å². The molecule has 0 aliphatic rings. The number of aromatic hydroxyl groups is 1. The van der Waals surface area contributed by atoms with Crippen molar-refractivity contribution in [2.24, 2.45) is 0 Å². The summed E-state index contributed by atoms with van der Waals surface area (Å²) in [6.45, 7) is 3.73. The van der Waals surface area contributed by atoms with Gasteiger partial charge in [0.1, 0.15) is 11.5 Å². The zero-order chi connectivity index (χ0) is 24.0. The van der Waals surface area contributed by atoms with Crippen molar-refractivity contribution in [1.82, 2.24) is 5.32 Å². The molecule has 0 heterocycles. The predicted octanol–water partition coefficient (Wildman–Crippen LogP) is 4.46. The van der Waals surface area contributed by atoms with Gasteiger partial charge in [-0.15, -0.1) is 0 Å². The van der Waals surface area contributed by atoms with Crippen LogP contribution in [0.4, 0.5) is 0 Å². The Balaban J connectivity index is 1.83. The fraction of sp³-hybridized carbons (Fsp3) is 0.240. The zero-order valence-corrected chi connectivity index (χ0v) is 20.4. The number of amides is 1. The summed E-state index contributed by atoms with van der Waals surface area (Å²) in [5.74, 6) is 0.839. The van der Waals surface area contributed by atoms with Crippen molar-refractivity contribution >= 4 is 27.5 Å². The van der Waals surface area contributed by atoms with Crippen LogP contribution in [0.25, 0.3) is 0 Å². The molecule has 8 heteroatoms.